The second kappa shape index (κ2) is 6.45. The van der Waals surface area contributed by atoms with E-state index in [-0.39, 0.29) is 0 Å². The van der Waals surface area contributed by atoms with Gasteiger partial charge in [-0.3, -0.25) is 0 Å². The molecule has 3 heterocycles. The van der Waals surface area contributed by atoms with Gasteiger partial charge < -0.3 is 29.8 Å². The highest BCUT2D eigenvalue weighted by Crippen LogP contribution is 2.36. The molecule has 3 rings (SSSR count). The minimum Gasteiger partial charge on any atom is -0.487 e. The van der Waals surface area contributed by atoms with Crippen molar-refractivity contribution in [1.29, 1.82) is 0 Å². The van der Waals surface area contributed by atoms with Crippen LogP contribution >= 0.6 is 0 Å². The summed E-state index contributed by atoms with van der Waals surface area (Å²) >= 11 is 0. The molecule has 8 heteroatoms. The van der Waals surface area contributed by atoms with Gasteiger partial charge in [-0.05, 0) is 13.3 Å². The number of aliphatic hydroxyl groups is 1. The first-order chi connectivity index (χ1) is 11.5. The monoisotopic (exact) mass is 335 g/mol. The van der Waals surface area contributed by atoms with E-state index in [0.29, 0.717) is 43.4 Å². The summed E-state index contributed by atoms with van der Waals surface area (Å²) in [5, 5.41) is 10.7. The maximum Gasteiger partial charge on any atom is 0.206 e. The van der Waals surface area contributed by atoms with Crippen molar-refractivity contribution in [2.24, 2.45) is 0 Å². The largest absolute Gasteiger partial charge is 0.487 e. The summed E-state index contributed by atoms with van der Waals surface area (Å²) in [5.74, 6) is 1.76. The molecule has 0 bridgehead atoms. The third-order valence-electron chi connectivity index (χ3n) is 4.10. The van der Waals surface area contributed by atoms with Gasteiger partial charge in [-0.1, -0.05) is 6.92 Å². The Balaban J connectivity index is 2.12. The molecule has 0 aliphatic carbocycles. The van der Waals surface area contributed by atoms with Crippen LogP contribution in [0.5, 0.6) is 5.75 Å². The van der Waals surface area contributed by atoms with Crippen LogP contribution in [-0.4, -0.2) is 58.7 Å². The van der Waals surface area contributed by atoms with Crippen molar-refractivity contribution in [3.63, 3.8) is 0 Å². The summed E-state index contributed by atoms with van der Waals surface area (Å²) in [6, 6.07) is 0. The average molecular weight is 335 g/mol. The maximum atomic E-state index is 10.7. The van der Waals surface area contributed by atoms with Crippen LogP contribution < -0.4 is 15.4 Å². The first kappa shape index (κ1) is 16.8. The molecule has 24 heavy (non-hydrogen) atoms. The van der Waals surface area contributed by atoms with E-state index in [1.165, 1.54) is 0 Å². The average Bonchev–Trinajstić information content (AvgIpc) is 2.89. The number of rotatable bonds is 6. The van der Waals surface area contributed by atoms with Crippen LogP contribution in [-0.2, 0) is 11.3 Å². The highest BCUT2D eigenvalue weighted by atomic mass is 16.5. The molecule has 0 fully saturated rings. The SMILES string of the molecule is CCCN1CC(C)(O)Cn2c1nc1c(N)ncc(OCCOC)c12. The molecule has 0 aromatic carbocycles. The number of fused-ring (bicyclic) bond motifs is 3. The molecule has 2 aromatic heterocycles. The van der Waals surface area contributed by atoms with E-state index in [1.807, 2.05) is 11.5 Å². The van der Waals surface area contributed by atoms with Gasteiger partial charge in [-0.2, -0.15) is 0 Å². The van der Waals surface area contributed by atoms with Crippen molar-refractivity contribution in [3.05, 3.63) is 6.20 Å². The van der Waals surface area contributed by atoms with Gasteiger partial charge in [-0.15, -0.1) is 0 Å². The number of methoxy groups -OCH3 is 1. The van der Waals surface area contributed by atoms with Gasteiger partial charge in [0, 0.05) is 13.7 Å². The molecule has 0 saturated carbocycles. The Kier molecular flexibility index (Phi) is 4.51. The lowest BCUT2D eigenvalue weighted by molar-refractivity contribution is 0.0415. The predicted molar refractivity (Wildman–Crippen MR) is 92.4 cm³/mol. The summed E-state index contributed by atoms with van der Waals surface area (Å²) in [6.07, 6.45) is 2.57. The smallest absolute Gasteiger partial charge is 0.206 e. The van der Waals surface area contributed by atoms with E-state index in [1.54, 1.807) is 13.3 Å². The Morgan fingerprint density at radius 3 is 2.88 bits per heavy atom. The number of hydrogen-bond acceptors (Lipinski definition) is 7. The molecule has 1 aliphatic rings. The van der Waals surface area contributed by atoms with Crippen molar-refractivity contribution in [3.8, 4) is 5.75 Å². The van der Waals surface area contributed by atoms with Crippen molar-refractivity contribution < 1.29 is 14.6 Å². The molecule has 2 aromatic rings. The molecule has 0 amide bonds. The summed E-state index contributed by atoms with van der Waals surface area (Å²) in [6.45, 7) is 6.61. The highest BCUT2D eigenvalue weighted by Gasteiger charge is 2.35. The molecule has 1 atom stereocenters. The maximum absolute atomic E-state index is 10.7. The molecule has 0 radical (unpaired) electrons. The zero-order valence-electron chi connectivity index (χ0n) is 14.4. The summed E-state index contributed by atoms with van der Waals surface area (Å²) in [5.41, 5.74) is 6.56. The highest BCUT2D eigenvalue weighted by molar-refractivity contribution is 5.92. The topological polar surface area (TPSA) is 98.7 Å². The van der Waals surface area contributed by atoms with E-state index < -0.39 is 5.60 Å². The van der Waals surface area contributed by atoms with E-state index in [2.05, 4.69) is 21.8 Å². The Labute approximate surface area is 141 Å². The third kappa shape index (κ3) is 2.99. The fourth-order valence-electron chi connectivity index (χ4n) is 3.17. The number of nitrogens with zero attached hydrogens (tertiary/aromatic N) is 4. The fourth-order valence-corrected chi connectivity index (χ4v) is 3.17. The zero-order valence-corrected chi connectivity index (χ0v) is 14.4. The number of β-amino-alcohol motifs (C(OH)–C–C–N with tert-alkyl or cyclic N) is 1. The van der Waals surface area contributed by atoms with Crippen LogP contribution in [0, 0.1) is 0 Å². The Bertz CT molecular complexity index is 728. The fraction of sp³-hybridized carbons (Fsp3) is 0.625. The van der Waals surface area contributed by atoms with Crippen LogP contribution in [0.3, 0.4) is 0 Å². The number of nitrogens with two attached hydrogens (primary N) is 1. The lowest BCUT2D eigenvalue weighted by Gasteiger charge is -2.38. The minimum atomic E-state index is -0.850. The second-order valence-electron chi connectivity index (χ2n) is 6.46. The van der Waals surface area contributed by atoms with Gasteiger partial charge in [0.2, 0.25) is 5.95 Å². The number of aromatic nitrogens is 3. The number of pyridine rings is 1. The summed E-state index contributed by atoms with van der Waals surface area (Å²) in [7, 11) is 1.63. The predicted octanol–water partition coefficient (Wildman–Crippen LogP) is 1.02. The molecule has 1 unspecified atom stereocenters. The second-order valence-corrected chi connectivity index (χ2v) is 6.46. The number of nitrogen functional groups attached to an aromatic ring is 1. The van der Waals surface area contributed by atoms with Gasteiger partial charge in [0.15, 0.2) is 11.6 Å². The quantitative estimate of drug-likeness (QED) is 0.760. The van der Waals surface area contributed by atoms with Crippen molar-refractivity contribution in [2.45, 2.75) is 32.4 Å². The number of anilines is 2. The number of ether oxygens (including phenoxy) is 2. The lowest BCUT2D eigenvalue weighted by Crippen LogP contribution is -2.49. The Morgan fingerprint density at radius 2 is 2.17 bits per heavy atom. The summed E-state index contributed by atoms with van der Waals surface area (Å²) in [4.78, 5) is 11.0. The van der Waals surface area contributed by atoms with Gasteiger partial charge in [-0.25, -0.2) is 9.97 Å². The molecular formula is C16H25N5O3. The van der Waals surface area contributed by atoms with E-state index in [0.717, 1.165) is 24.4 Å². The molecule has 8 nitrogen and oxygen atoms in total. The first-order valence-electron chi connectivity index (χ1n) is 8.20. The van der Waals surface area contributed by atoms with Gasteiger partial charge in [0.1, 0.15) is 17.6 Å². The molecule has 132 valence electrons. The van der Waals surface area contributed by atoms with Gasteiger partial charge in [0.25, 0.3) is 0 Å². The molecule has 0 saturated heterocycles. The summed E-state index contributed by atoms with van der Waals surface area (Å²) < 4.78 is 12.8. The van der Waals surface area contributed by atoms with Crippen LogP contribution in [0.15, 0.2) is 6.20 Å². The zero-order chi connectivity index (χ0) is 17.3. The molecular weight excluding hydrogens is 310 g/mol. The number of imidazole rings is 1. The Hall–Kier alpha value is -2.06. The van der Waals surface area contributed by atoms with E-state index in [4.69, 9.17) is 15.2 Å². The van der Waals surface area contributed by atoms with Crippen molar-refractivity contribution >= 4 is 22.8 Å². The minimum absolute atomic E-state index is 0.363. The van der Waals surface area contributed by atoms with Crippen LogP contribution in [0.25, 0.3) is 11.0 Å². The van der Waals surface area contributed by atoms with Gasteiger partial charge in [0.05, 0.1) is 31.5 Å². The van der Waals surface area contributed by atoms with Crippen LogP contribution in [0.2, 0.25) is 0 Å². The third-order valence-corrected chi connectivity index (χ3v) is 4.10. The van der Waals surface area contributed by atoms with E-state index in [9.17, 15) is 5.11 Å². The van der Waals surface area contributed by atoms with E-state index >= 15 is 0 Å². The van der Waals surface area contributed by atoms with Crippen LogP contribution in [0.1, 0.15) is 20.3 Å². The van der Waals surface area contributed by atoms with Gasteiger partial charge >= 0.3 is 0 Å². The molecule has 1 aliphatic heterocycles. The standard InChI is InChI=1S/C16H25N5O3/c1-4-5-20-9-16(2,22)10-21-13-11(24-7-6-23-3)8-18-14(17)12(13)19-15(20)21/h8,22H,4-7,9-10H2,1-3H3,(H2,17,18). The lowest BCUT2D eigenvalue weighted by atomic mass is 10.0. The first-order valence-corrected chi connectivity index (χ1v) is 8.20. The normalized spacial score (nSPS) is 20.4. The van der Waals surface area contributed by atoms with Crippen molar-refractivity contribution in [2.75, 3.05) is 44.0 Å². The van der Waals surface area contributed by atoms with Crippen molar-refractivity contribution in [1.82, 2.24) is 14.5 Å². The van der Waals surface area contributed by atoms with Crippen LogP contribution in [0.4, 0.5) is 11.8 Å². The molecule has 3 N–H and O–H groups in total. The number of hydrogen-bond donors (Lipinski definition) is 2. The molecule has 0 spiro atoms. The Morgan fingerprint density at radius 1 is 1.38 bits per heavy atom.